The molecule has 0 unspecified atom stereocenters. The number of carbonyl (C=O) groups excluding carboxylic acids is 1. The maximum atomic E-state index is 13.1. The molecule has 2 fully saturated rings. The zero-order valence-corrected chi connectivity index (χ0v) is 19.2. The Kier molecular flexibility index (Phi) is 6.19. The third kappa shape index (κ3) is 4.41. The summed E-state index contributed by atoms with van der Waals surface area (Å²) in [5, 5.41) is 3.47. The van der Waals surface area contributed by atoms with Gasteiger partial charge in [0.1, 0.15) is 5.69 Å². The summed E-state index contributed by atoms with van der Waals surface area (Å²) in [5.41, 5.74) is 0.387. The van der Waals surface area contributed by atoms with Crippen LogP contribution in [0.3, 0.4) is 0 Å². The molecule has 1 N–H and O–H groups in total. The number of nitrogens with one attached hydrogen (secondary N) is 1. The lowest BCUT2D eigenvalue weighted by Gasteiger charge is -2.34. The molecule has 2 aliphatic heterocycles. The van der Waals surface area contributed by atoms with Gasteiger partial charge in [-0.25, -0.2) is 4.98 Å². The van der Waals surface area contributed by atoms with Crippen molar-refractivity contribution in [1.82, 2.24) is 14.9 Å². The number of nitrogens with zero attached hydrogens (tertiary/aromatic N) is 5. The Morgan fingerprint density at radius 3 is 2.53 bits per heavy atom. The van der Waals surface area contributed by atoms with Crippen LogP contribution in [0.5, 0.6) is 0 Å². The summed E-state index contributed by atoms with van der Waals surface area (Å²) in [6.45, 7) is 8.11. The first-order chi connectivity index (χ1) is 14.3. The van der Waals surface area contributed by atoms with Gasteiger partial charge in [-0.1, -0.05) is 12.8 Å². The second kappa shape index (κ2) is 8.69. The van der Waals surface area contributed by atoms with Gasteiger partial charge >= 0.3 is 0 Å². The molecule has 3 aliphatic rings. The standard InChI is InChI=1S/C23H38N6O/c1-23(2)16-29(18-7-5-6-8-18)20-19(28(4)21(23)30)15-25-22(26-20)24-12-9-17-10-13-27(3)14-11-17/h15,17-18H,5-14,16H2,1-4H3,(H,24,25,26). The monoisotopic (exact) mass is 414 g/mol. The lowest BCUT2D eigenvalue weighted by Crippen LogP contribution is -2.45. The van der Waals surface area contributed by atoms with Crippen molar-refractivity contribution in [3.05, 3.63) is 6.20 Å². The molecule has 1 aromatic rings. The molecule has 0 aromatic carbocycles. The molecule has 3 heterocycles. The van der Waals surface area contributed by atoms with Crippen LogP contribution in [0.4, 0.5) is 17.5 Å². The second-order valence-corrected chi connectivity index (χ2v) is 10.2. The number of carbonyl (C=O) groups is 1. The van der Waals surface area contributed by atoms with E-state index in [2.05, 4.69) is 27.1 Å². The van der Waals surface area contributed by atoms with Crippen molar-refractivity contribution in [1.29, 1.82) is 0 Å². The molecule has 0 bridgehead atoms. The third-order valence-corrected chi connectivity index (χ3v) is 7.27. The molecule has 1 amide bonds. The lowest BCUT2D eigenvalue weighted by molar-refractivity contribution is -0.125. The Morgan fingerprint density at radius 1 is 1.13 bits per heavy atom. The van der Waals surface area contributed by atoms with E-state index in [1.54, 1.807) is 4.90 Å². The van der Waals surface area contributed by atoms with E-state index >= 15 is 0 Å². The van der Waals surface area contributed by atoms with Crippen molar-refractivity contribution < 1.29 is 4.79 Å². The quantitative estimate of drug-likeness (QED) is 0.797. The van der Waals surface area contributed by atoms with E-state index in [1.165, 1.54) is 51.6 Å². The van der Waals surface area contributed by atoms with Crippen LogP contribution < -0.4 is 15.1 Å². The van der Waals surface area contributed by atoms with E-state index in [-0.39, 0.29) is 5.91 Å². The van der Waals surface area contributed by atoms with Crippen LogP contribution in [-0.2, 0) is 4.79 Å². The van der Waals surface area contributed by atoms with Crippen LogP contribution in [-0.4, -0.2) is 67.1 Å². The predicted molar refractivity (Wildman–Crippen MR) is 122 cm³/mol. The lowest BCUT2D eigenvalue weighted by atomic mass is 9.91. The van der Waals surface area contributed by atoms with E-state index in [0.717, 1.165) is 30.4 Å². The summed E-state index contributed by atoms with van der Waals surface area (Å²) in [4.78, 5) is 29.2. The van der Waals surface area contributed by atoms with Gasteiger partial charge < -0.3 is 20.0 Å². The number of rotatable bonds is 5. The molecule has 30 heavy (non-hydrogen) atoms. The van der Waals surface area contributed by atoms with Crippen molar-refractivity contribution in [3.63, 3.8) is 0 Å². The molecule has 0 radical (unpaired) electrons. The number of hydrogen-bond acceptors (Lipinski definition) is 6. The predicted octanol–water partition coefficient (Wildman–Crippen LogP) is 3.37. The van der Waals surface area contributed by atoms with Crippen molar-refractivity contribution in [3.8, 4) is 0 Å². The van der Waals surface area contributed by atoms with Crippen LogP contribution in [0.15, 0.2) is 6.20 Å². The SMILES string of the molecule is CN1CCC(CCNc2ncc3c(n2)N(C2CCCC2)CC(C)(C)C(=O)N3C)CC1. The number of likely N-dealkylation sites (tertiary alicyclic amines) is 1. The van der Waals surface area contributed by atoms with Gasteiger partial charge in [0, 0.05) is 26.2 Å². The molecule has 1 saturated heterocycles. The smallest absolute Gasteiger partial charge is 0.234 e. The molecule has 7 heteroatoms. The molecule has 7 nitrogen and oxygen atoms in total. The Labute approximate surface area is 181 Å². The van der Waals surface area contributed by atoms with Crippen molar-refractivity contribution >= 4 is 23.4 Å². The van der Waals surface area contributed by atoms with Crippen LogP contribution in [0.1, 0.15) is 58.8 Å². The normalized spacial score (nSPS) is 23.5. The minimum atomic E-state index is -0.445. The number of anilines is 3. The molecule has 4 rings (SSSR count). The highest BCUT2D eigenvalue weighted by Gasteiger charge is 2.41. The highest BCUT2D eigenvalue weighted by molar-refractivity contribution is 6.00. The molecular formula is C23H38N6O. The Morgan fingerprint density at radius 2 is 1.83 bits per heavy atom. The van der Waals surface area contributed by atoms with E-state index in [4.69, 9.17) is 4.98 Å². The Balaban J connectivity index is 1.51. The summed E-state index contributed by atoms with van der Waals surface area (Å²) < 4.78 is 0. The number of amides is 1. The summed E-state index contributed by atoms with van der Waals surface area (Å²) in [6.07, 6.45) is 10.4. The first kappa shape index (κ1) is 21.3. The van der Waals surface area contributed by atoms with Crippen LogP contribution in [0.25, 0.3) is 0 Å². The minimum Gasteiger partial charge on any atom is -0.354 e. The largest absolute Gasteiger partial charge is 0.354 e. The maximum absolute atomic E-state index is 13.1. The molecule has 166 valence electrons. The number of piperidine rings is 1. The zero-order chi connectivity index (χ0) is 21.3. The van der Waals surface area contributed by atoms with Gasteiger partial charge in [0.2, 0.25) is 11.9 Å². The van der Waals surface area contributed by atoms with Crippen molar-refractivity contribution in [2.75, 3.05) is 55.4 Å². The Bertz CT molecular complexity index is 752. The van der Waals surface area contributed by atoms with Gasteiger partial charge in [0.25, 0.3) is 0 Å². The first-order valence-corrected chi connectivity index (χ1v) is 11.7. The Hall–Kier alpha value is -1.89. The number of aromatic nitrogens is 2. The molecule has 0 atom stereocenters. The molecule has 0 spiro atoms. The van der Waals surface area contributed by atoms with Gasteiger partial charge in [-0.05, 0) is 72.0 Å². The molecular weight excluding hydrogens is 376 g/mol. The summed E-state index contributed by atoms with van der Waals surface area (Å²) in [6, 6.07) is 0.462. The summed E-state index contributed by atoms with van der Waals surface area (Å²) in [7, 11) is 4.06. The van der Waals surface area contributed by atoms with E-state index in [9.17, 15) is 4.79 Å². The van der Waals surface area contributed by atoms with Gasteiger partial charge in [-0.3, -0.25) is 4.79 Å². The number of hydrogen-bond donors (Lipinski definition) is 1. The van der Waals surface area contributed by atoms with Crippen LogP contribution in [0.2, 0.25) is 0 Å². The average molecular weight is 415 g/mol. The first-order valence-electron chi connectivity index (χ1n) is 11.7. The highest BCUT2D eigenvalue weighted by atomic mass is 16.2. The fourth-order valence-electron chi connectivity index (χ4n) is 5.29. The molecule has 1 aromatic heterocycles. The van der Waals surface area contributed by atoms with Crippen molar-refractivity contribution in [2.45, 2.75) is 64.8 Å². The topological polar surface area (TPSA) is 64.6 Å². The fourth-order valence-corrected chi connectivity index (χ4v) is 5.29. The maximum Gasteiger partial charge on any atom is 0.234 e. The van der Waals surface area contributed by atoms with Crippen LogP contribution >= 0.6 is 0 Å². The van der Waals surface area contributed by atoms with E-state index < -0.39 is 5.41 Å². The average Bonchev–Trinajstić information content (AvgIpc) is 3.25. The molecule has 1 saturated carbocycles. The summed E-state index contributed by atoms with van der Waals surface area (Å²) in [5.74, 6) is 2.52. The minimum absolute atomic E-state index is 0.135. The highest BCUT2D eigenvalue weighted by Crippen LogP contribution is 2.40. The van der Waals surface area contributed by atoms with Crippen molar-refractivity contribution in [2.24, 2.45) is 11.3 Å². The molecule has 1 aliphatic carbocycles. The fraction of sp³-hybridized carbons (Fsp3) is 0.783. The van der Waals surface area contributed by atoms with Gasteiger partial charge in [0.05, 0.1) is 11.6 Å². The third-order valence-electron chi connectivity index (χ3n) is 7.27. The zero-order valence-electron chi connectivity index (χ0n) is 19.2. The van der Waals surface area contributed by atoms with E-state index in [0.29, 0.717) is 18.5 Å². The van der Waals surface area contributed by atoms with Gasteiger partial charge in [-0.2, -0.15) is 4.98 Å². The van der Waals surface area contributed by atoms with Gasteiger partial charge in [0.15, 0.2) is 5.82 Å². The summed E-state index contributed by atoms with van der Waals surface area (Å²) >= 11 is 0. The van der Waals surface area contributed by atoms with Gasteiger partial charge in [-0.15, -0.1) is 0 Å². The van der Waals surface area contributed by atoms with Crippen LogP contribution in [0, 0.1) is 11.3 Å². The van der Waals surface area contributed by atoms with E-state index in [1.807, 2.05) is 27.1 Å². The second-order valence-electron chi connectivity index (χ2n) is 10.2. The number of fused-ring (bicyclic) bond motifs is 1.